The van der Waals surface area contributed by atoms with E-state index in [1.807, 2.05) is 0 Å². The normalized spacial score (nSPS) is 25.0. The molecular formula is C31H39NO2. The van der Waals surface area contributed by atoms with Crippen LogP contribution in [0, 0.1) is 22.7 Å². The Morgan fingerprint density at radius 3 is 2.24 bits per heavy atom. The summed E-state index contributed by atoms with van der Waals surface area (Å²) in [6.07, 6.45) is 12.2. The summed E-state index contributed by atoms with van der Waals surface area (Å²) in [6.45, 7) is 3.02. The van der Waals surface area contributed by atoms with Gasteiger partial charge in [-0.1, -0.05) is 62.6 Å². The number of rotatable bonds is 9. The number of ether oxygens (including phenoxy) is 1. The Morgan fingerprint density at radius 2 is 1.62 bits per heavy atom. The Morgan fingerprint density at radius 1 is 0.941 bits per heavy atom. The average Bonchev–Trinajstić information content (AvgIpc) is 2.89. The number of carbonyl (C=O) groups excluding carboxylic acids is 1. The predicted molar refractivity (Wildman–Crippen MR) is 138 cm³/mol. The topological polar surface area (TPSA) is 50.1 Å². The van der Waals surface area contributed by atoms with E-state index in [1.54, 1.807) is 0 Å². The summed E-state index contributed by atoms with van der Waals surface area (Å²) < 4.78 is 5.88. The van der Waals surface area contributed by atoms with E-state index in [-0.39, 0.29) is 11.3 Å². The molecule has 2 saturated carbocycles. The maximum Gasteiger partial charge on any atom is 0.133 e. The second kappa shape index (κ2) is 11.7. The minimum absolute atomic E-state index is 0.269. The molecule has 0 N–H and O–H groups in total. The van der Waals surface area contributed by atoms with Gasteiger partial charge in [0, 0.05) is 12.8 Å². The Labute approximate surface area is 205 Å². The van der Waals surface area contributed by atoms with Crippen LogP contribution in [0.5, 0.6) is 5.75 Å². The summed E-state index contributed by atoms with van der Waals surface area (Å²) in [6, 6.07) is 20.1. The monoisotopic (exact) mass is 457 g/mol. The predicted octanol–water partition coefficient (Wildman–Crippen LogP) is 8.24. The zero-order chi connectivity index (χ0) is 23.8. The molecule has 0 bridgehead atoms. The molecule has 0 unspecified atom stereocenters. The van der Waals surface area contributed by atoms with E-state index in [9.17, 15) is 10.1 Å². The summed E-state index contributed by atoms with van der Waals surface area (Å²) in [4.78, 5) is 12.0. The largest absolute Gasteiger partial charge is 0.494 e. The van der Waals surface area contributed by atoms with Gasteiger partial charge < -0.3 is 4.74 Å². The van der Waals surface area contributed by atoms with Crippen LogP contribution in [0.1, 0.15) is 95.5 Å². The first-order chi connectivity index (χ1) is 16.6. The molecule has 4 rings (SSSR count). The lowest BCUT2D eigenvalue weighted by atomic mass is 9.60. The van der Waals surface area contributed by atoms with Crippen molar-refractivity contribution in [3.05, 3.63) is 54.1 Å². The van der Waals surface area contributed by atoms with Gasteiger partial charge in [0.05, 0.1) is 18.1 Å². The third-order valence-electron chi connectivity index (χ3n) is 8.20. The van der Waals surface area contributed by atoms with Gasteiger partial charge in [0.1, 0.15) is 11.5 Å². The number of unbranched alkanes of at least 4 members (excludes halogenated alkanes) is 3. The van der Waals surface area contributed by atoms with Crippen molar-refractivity contribution in [3.8, 4) is 22.9 Å². The number of hydrogen-bond acceptors (Lipinski definition) is 3. The van der Waals surface area contributed by atoms with Crippen LogP contribution in [-0.2, 0) is 4.79 Å². The van der Waals surface area contributed by atoms with Gasteiger partial charge in [-0.05, 0) is 85.6 Å². The van der Waals surface area contributed by atoms with Crippen LogP contribution in [0.2, 0.25) is 0 Å². The van der Waals surface area contributed by atoms with Crippen LogP contribution >= 0.6 is 0 Å². The molecule has 2 aromatic carbocycles. The maximum atomic E-state index is 12.0. The molecule has 180 valence electrons. The Bertz CT molecular complexity index is 962. The van der Waals surface area contributed by atoms with Crippen LogP contribution in [0.15, 0.2) is 48.5 Å². The molecule has 3 heteroatoms. The van der Waals surface area contributed by atoms with Crippen molar-refractivity contribution in [3.63, 3.8) is 0 Å². The van der Waals surface area contributed by atoms with Gasteiger partial charge in [-0.15, -0.1) is 0 Å². The van der Waals surface area contributed by atoms with Crippen LogP contribution in [0.4, 0.5) is 0 Å². The molecule has 2 aliphatic rings. The Balaban J connectivity index is 1.32. The number of hydrogen-bond donors (Lipinski definition) is 0. The van der Waals surface area contributed by atoms with E-state index < -0.39 is 0 Å². The molecule has 0 spiro atoms. The fourth-order valence-corrected chi connectivity index (χ4v) is 5.98. The number of Topliss-reactive ketones (excluding diaryl/α,β-unsaturated/α-hetero) is 1. The highest BCUT2D eigenvalue weighted by molar-refractivity contribution is 5.79. The molecule has 2 aromatic rings. The van der Waals surface area contributed by atoms with Crippen molar-refractivity contribution < 1.29 is 9.53 Å². The molecule has 3 nitrogen and oxygen atoms in total. The molecule has 2 aliphatic carbocycles. The molecule has 0 aliphatic heterocycles. The first-order valence-corrected chi connectivity index (χ1v) is 13.4. The number of nitriles is 1. The van der Waals surface area contributed by atoms with E-state index >= 15 is 0 Å². The van der Waals surface area contributed by atoms with Crippen LogP contribution < -0.4 is 4.74 Å². The van der Waals surface area contributed by atoms with E-state index in [4.69, 9.17) is 4.74 Å². The summed E-state index contributed by atoms with van der Waals surface area (Å²) in [5.41, 5.74) is 3.52. The smallest absolute Gasteiger partial charge is 0.133 e. The lowest BCUT2D eigenvalue weighted by Gasteiger charge is -2.42. The van der Waals surface area contributed by atoms with Crippen LogP contribution in [0.3, 0.4) is 0 Å². The molecule has 0 heterocycles. The van der Waals surface area contributed by atoms with Crippen LogP contribution in [0.25, 0.3) is 11.1 Å². The number of nitrogens with zero attached hydrogens (tertiary/aromatic N) is 1. The molecule has 0 aromatic heterocycles. The van der Waals surface area contributed by atoms with E-state index in [1.165, 1.54) is 36.0 Å². The Kier molecular flexibility index (Phi) is 8.44. The zero-order valence-electron chi connectivity index (χ0n) is 20.7. The van der Waals surface area contributed by atoms with Crippen LogP contribution in [-0.4, -0.2) is 12.4 Å². The first kappa shape index (κ1) is 24.5. The van der Waals surface area contributed by atoms with Crippen molar-refractivity contribution in [2.24, 2.45) is 11.3 Å². The molecule has 0 radical (unpaired) electrons. The highest BCUT2D eigenvalue weighted by Gasteiger charge is 2.43. The van der Waals surface area contributed by atoms with E-state index in [0.29, 0.717) is 24.5 Å². The highest BCUT2D eigenvalue weighted by Crippen LogP contribution is 2.50. The van der Waals surface area contributed by atoms with Crippen molar-refractivity contribution in [1.82, 2.24) is 0 Å². The third kappa shape index (κ3) is 5.90. The third-order valence-corrected chi connectivity index (χ3v) is 8.20. The molecule has 0 saturated heterocycles. The highest BCUT2D eigenvalue weighted by atomic mass is 16.5. The van der Waals surface area contributed by atoms with E-state index in [2.05, 4.69) is 61.5 Å². The van der Waals surface area contributed by atoms with Crippen molar-refractivity contribution >= 4 is 5.78 Å². The molecule has 34 heavy (non-hydrogen) atoms. The summed E-state index contributed by atoms with van der Waals surface area (Å²) >= 11 is 0. The van der Waals surface area contributed by atoms with Gasteiger partial charge in [0.25, 0.3) is 0 Å². The molecular weight excluding hydrogens is 418 g/mol. The van der Waals surface area contributed by atoms with Crippen molar-refractivity contribution in [2.75, 3.05) is 6.61 Å². The Hall–Kier alpha value is -2.60. The first-order valence-electron chi connectivity index (χ1n) is 13.4. The van der Waals surface area contributed by atoms with Gasteiger partial charge in [-0.25, -0.2) is 0 Å². The second-order valence-corrected chi connectivity index (χ2v) is 10.4. The quantitative estimate of drug-likeness (QED) is 0.356. The lowest BCUT2D eigenvalue weighted by molar-refractivity contribution is -0.123. The second-order valence-electron chi connectivity index (χ2n) is 10.4. The van der Waals surface area contributed by atoms with Gasteiger partial charge in [-0.2, -0.15) is 5.26 Å². The fourth-order valence-electron chi connectivity index (χ4n) is 5.98. The minimum atomic E-state index is -0.285. The van der Waals surface area contributed by atoms with Gasteiger partial charge in [-0.3, -0.25) is 4.79 Å². The molecule has 1 atom stereocenters. The van der Waals surface area contributed by atoms with Gasteiger partial charge in [0.15, 0.2) is 0 Å². The van der Waals surface area contributed by atoms with Crippen molar-refractivity contribution in [2.45, 2.75) is 89.9 Å². The molecule has 0 amide bonds. The standard InChI is InChI=1S/C31H39NO2/c1-2-3-4-5-21-34-30-15-13-26(14-16-30)24-9-11-25(12-10-24)27-17-19-31(23-32,20-18-27)28-7-6-8-29(33)22-28/h9-16,27-28H,2-8,17-22H2,1H3/t27?,28-,31?/m1/s1. The summed E-state index contributed by atoms with van der Waals surface area (Å²) in [5.74, 6) is 2.08. The summed E-state index contributed by atoms with van der Waals surface area (Å²) in [5, 5.41) is 10.0. The van der Waals surface area contributed by atoms with Gasteiger partial charge >= 0.3 is 0 Å². The minimum Gasteiger partial charge on any atom is -0.494 e. The SMILES string of the molecule is CCCCCCOc1ccc(-c2ccc(C3CCC(C#N)([C@@H]4CCCC(=O)C4)CC3)cc2)cc1. The van der Waals surface area contributed by atoms with Crippen molar-refractivity contribution in [1.29, 1.82) is 5.26 Å². The average molecular weight is 458 g/mol. The van der Waals surface area contributed by atoms with E-state index in [0.717, 1.165) is 57.3 Å². The number of ketones is 1. The zero-order valence-corrected chi connectivity index (χ0v) is 20.7. The lowest BCUT2D eigenvalue weighted by Crippen LogP contribution is -2.36. The number of carbonyl (C=O) groups is 1. The maximum absolute atomic E-state index is 12.0. The summed E-state index contributed by atoms with van der Waals surface area (Å²) in [7, 11) is 0. The fraction of sp³-hybridized carbons (Fsp3) is 0.548. The number of benzene rings is 2. The molecule has 2 fully saturated rings. The van der Waals surface area contributed by atoms with Gasteiger partial charge in [0.2, 0.25) is 0 Å².